The van der Waals surface area contributed by atoms with Gasteiger partial charge in [0.15, 0.2) is 15.6 Å². The molecular weight excluding hydrogens is 558 g/mol. The van der Waals surface area contributed by atoms with Crippen molar-refractivity contribution < 1.29 is 26.7 Å². The van der Waals surface area contributed by atoms with Gasteiger partial charge in [-0.15, -0.1) is 0 Å². The summed E-state index contributed by atoms with van der Waals surface area (Å²) in [5, 5.41) is 8.95. The smallest absolute Gasteiger partial charge is 0.319 e. The normalized spacial score (nSPS) is 12.0. The molecule has 1 N–H and O–H groups in total. The third-order valence-electron chi connectivity index (χ3n) is 6.80. The van der Waals surface area contributed by atoms with Crippen molar-refractivity contribution in [1.29, 1.82) is 0 Å². The van der Waals surface area contributed by atoms with Crippen molar-refractivity contribution >= 4 is 25.8 Å². The van der Waals surface area contributed by atoms with Crippen LogP contribution in [0.25, 0.3) is 11.1 Å². The number of aryl methyl sites for hydroxylation is 4. The van der Waals surface area contributed by atoms with Gasteiger partial charge in [-0.3, -0.25) is 4.79 Å². The van der Waals surface area contributed by atoms with Crippen LogP contribution in [-0.2, 0) is 37.7 Å². The van der Waals surface area contributed by atoms with Crippen molar-refractivity contribution in [2.75, 3.05) is 5.75 Å². The molecule has 4 aromatic rings. The van der Waals surface area contributed by atoms with E-state index in [-0.39, 0.29) is 18.0 Å². The van der Waals surface area contributed by atoms with Crippen LogP contribution in [0.4, 0.5) is 0 Å². The number of hydrogen-bond acceptors (Lipinski definition) is 5. The summed E-state index contributed by atoms with van der Waals surface area (Å²) in [6, 6.07) is 24.9. The maximum absolute atomic E-state index is 14.1. The van der Waals surface area contributed by atoms with Crippen molar-refractivity contribution in [2.24, 2.45) is 0 Å². The van der Waals surface area contributed by atoms with Gasteiger partial charge in [-0.1, -0.05) is 83.9 Å². The van der Waals surface area contributed by atoms with Crippen LogP contribution in [0.15, 0.2) is 94.7 Å². The molecule has 0 aliphatic heterocycles. The lowest BCUT2D eigenvalue weighted by molar-refractivity contribution is -0.134. The van der Waals surface area contributed by atoms with Gasteiger partial charge in [-0.05, 0) is 73.2 Å². The predicted molar refractivity (Wildman–Crippen MR) is 160 cm³/mol. The van der Waals surface area contributed by atoms with E-state index in [1.165, 1.54) is 16.4 Å². The van der Waals surface area contributed by atoms with Gasteiger partial charge in [0.1, 0.15) is 0 Å². The number of rotatable bonds is 10. The SMILES string of the molecule is Cc1cccc(CN(Cc2ccc(-c3cccc(S(=O)(=O)CC(=O)O)c3)cc2)S(=O)(=O)c2c(C)cc(C)cc2C)c1. The van der Waals surface area contributed by atoms with E-state index < -0.39 is 31.6 Å². The first-order chi connectivity index (χ1) is 19.3. The number of carboxylic acids is 1. The fraction of sp³-hybridized carbons (Fsp3) is 0.219. The fourth-order valence-corrected chi connectivity index (χ4v) is 7.98. The zero-order valence-electron chi connectivity index (χ0n) is 23.5. The summed E-state index contributed by atoms with van der Waals surface area (Å²) in [5.74, 6) is -2.40. The van der Waals surface area contributed by atoms with E-state index in [9.17, 15) is 21.6 Å². The maximum atomic E-state index is 14.1. The van der Waals surface area contributed by atoms with E-state index in [4.69, 9.17) is 5.11 Å². The number of aliphatic carboxylic acids is 1. The highest BCUT2D eigenvalue weighted by Gasteiger charge is 2.28. The van der Waals surface area contributed by atoms with Crippen LogP contribution in [-0.4, -0.2) is 38.0 Å². The van der Waals surface area contributed by atoms with E-state index in [0.29, 0.717) is 21.6 Å². The van der Waals surface area contributed by atoms with Gasteiger partial charge in [0.2, 0.25) is 10.0 Å². The summed E-state index contributed by atoms with van der Waals surface area (Å²) in [4.78, 5) is 11.2. The van der Waals surface area contributed by atoms with Crippen LogP contribution < -0.4 is 0 Å². The van der Waals surface area contributed by atoms with Gasteiger partial charge in [-0.2, -0.15) is 4.31 Å². The Morgan fingerprint density at radius 2 is 1.29 bits per heavy atom. The van der Waals surface area contributed by atoms with Crippen molar-refractivity contribution in [3.05, 3.63) is 118 Å². The number of carbonyl (C=O) groups is 1. The van der Waals surface area contributed by atoms with Crippen LogP contribution in [0.3, 0.4) is 0 Å². The molecule has 0 spiro atoms. The quantitative estimate of drug-likeness (QED) is 0.248. The molecule has 0 bridgehead atoms. The number of nitrogens with zero attached hydrogens (tertiary/aromatic N) is 1. The Kier molecular flexibility index (Phi) is 8.82. The van der Waals surface area contributed by atoms with Crippen LogP contribution in [0, 0.1) is 27.7 Å². The molecular formula is C32H33NO6S2. The highest BCUT2D eigenvalue weighted by Crippen LogP contribution is 2.29. The number of hydrogen-bond donors (Lipinski definition) is 1. The maximum Gasteiger partial charge on any atom is 0.319 e. The molecule has 214 valence electrons. The zero-order chi connectivity index (χ0) is 29.9. The van der Waals surface area contributed by atoms with E-state index >= 15 is 0 Å². The largest absolute Gasteiger partial charge is 0.480 e. The van der Waals surface area contributed by atoms with Gasteiger partial charge in [-0.25, -0.2) is 16.8 Å². The van der Waals surface area contributed by atoms with Gasteiger partial charge >= 0.3 is 5.97 Å². The molecule has 0 atom stereocenters. The summed E-state index contributed by atoms with van der Waals surface area (Å²) in [5.41, 5.74) is 6.42. The zero-order valence-corrected chi connectivity index (χ0v) is 25.1. The molecule has 0 radical (unpaired) electrons. The van der Waals surface area contributed by atoms with Crippen LogP contribution >= 0.6 is 0 Å². The van der Waals surface area contributed by atoms with Crippen molar-refractivity contribution in [2.45, 2.75) is 50.6 Å². The minimum Gasteiger partial charge on any atom is -0.480 e. The van der Waals surface area contributed by atoms with Crippen molar-refractivity contribution in [3.63, 3.8) is 0 Å². The number of benzene rings is 4. The van der Waals surface area contributed by atoms with Crippen LogP contribution in [0.1, 0.15) is 33.4 Å². The highest BCUT2D eigenvalue weighted by atomic mass is 32.2. The summed E-state index contributed by atoms with van der Waals surface area (Å²) >= 11 is 0. The third-order valence-corrected chi connectivity index (χ3v) is 10.5. The molecule has 9 heteroatoms. The molecule has 0 aliphatic carbocycles. The molecule has 0 heterocycles. The molecule has 0 saturated heterocycles. The molecule has 0 aromatic heterocycles. The summed E-state index contributed by atoms with van der Waals surface area (Å²) in [7, 11) is -7.84. The molecule has 7 nitrogen and oxygen atoms in total. The molecule has 41 heavy (non-hydrogen) atoms. The fourth-order valence-electron chi connectivity index (χ4n) is 5.06. The van der Waals surface area contributed by atoms with E-state index in [1.807, 2.05) is 76.2 Å². The number of sulfonamides is 1. The standard InChI is InChI=1S/C32H33NO6S2/c1-22-7-5-8-27(17-22)20-33(41(38,39)32-24(3)15-23(2)16-25(32)4)19-26-11-13-28(14-12-26)29-9-6-10-30(18-29)40(36,37)21-31(34)35/h5-18H,19-21H2,1-4H3,(H,34,35). The van der Waals surface area contributed by atoms with Gasteiger partial charge in [0.25, 0.3) is 0 Å². The van der Waals surface area contributed by atoms with E-state index in [1.54, 1.807) is 24.3 Å². The minimum atomic E-state index is -3.97. The van der Waals surface area contributed by atoms with Gasteiger partial charge in [0, 0.05) is 13.1 Å². The van der Waals surface area contributed by atoms with Gasteiger partial charge < -0.3 is 5.11 Å². The third kappa shape index (κ3) is 7.11. The molecule has 4 aromatic carbocycles. The van der Waals surface area contributed by atoms with E-state index in [0.717, 1.165) is 27.8 Å². The second-order valence-electron chi connectivity index (χ2n) is 10.4. The van der Waals surface area contributed by atoms with Crippen molar-refractivity contribution in [1.82, 2.24) is 4.31 Å². The Bertz CT molecular complexity index is 1790. The Morgan fingerprint density at radius 1 is 0.683 bits per heavy atom. The van der Waals surface area contributed by atoms with Crippen LogP contribution in [0.2, 0.25) is 0 Å². The first kappa shape index (κ1) is 30.2. The van der Waals surface area contributed by atoms with Crippen LogP contribution in [0.5, 0.6) is 0 Å². The lowest BCUT2D eigenvalue weighted by atomic mass is 10.0. The molecule has 0 saturated carbocycles. The minimum absolute atomic E-state index is 0.0688. The monoisotopic (exact) mass is 591 g/mol. The Hall–Kier alpha value is -3.79. The van der Waals surface area contributed by atoms with Crippen molar-refractivity contribution in [3.8, 4) is 11.1 Å². The molecule has 0 amide bonds. The predicted octanol–water partition coefficient (Wildman–Crippen LogP) is 5.84. The average molecular weight is 592 g/mol. The number of sulfone groups is 1. The first-order valence-electron chi connectivity index (χ1n) is 13.0. The molecule has 0 fully saturated rings. The highest BCUT2D eigenvalue weighted by molar-refractivity contribution is 7.92. The molecule has 0 aliphatic rings. The van der Waals surface area contributed by atoms with E-state index in [2.05, 4.69) is 0 Å². The Balaban J connectivity index is 1.68. The van der Waals surface area contributed by atoms with Gasteiger partial charge in [0.05, 0.1) is 9.79 Å². The topological polar surface area (TPSA) is 109 Å². The lowest BCUT2D eigenvalue weighted by Crippen LogP contribution is -2.31. The average Bonchev–Trinajstić information content (AvgIpc) is 2.87. The summed E-state index contributed by atoms with van der Waals surface area (Å²) in [6.45, 7) is 7.88. The number of carboxylic acid groups (broad SMARTS) is 1. The second kappa shape index (κ2) is 12.0. The summed E-state index contributed by atoms with van der Waals surface area (Å²) < 4.78 is 54.5. The summed E-state index contributed by atoms with van der Waals surface area (Å²) in [6.07, 6.45) is 0. The lowest BCUT2D eigenvalue weighted by Gasteiger charge is -2.25. The Labute approximate surface area is 242 Å². The Morgan fingerprint density at radius 3 is 1.90 bits per heavy atom. The molecule has 0 unspecified atom stereocenters. The first-order valence-corrected chi connectivity index (χ1v) is 16.1. The molecule has 4 rings (SSSR count). The second-order valence-corrected chi connectivity index (χ2v) is 14.2.